The number of carbonyl (C=O) groups is 1. The molecule has 0 radical (unpaired) electrons. The topological polar surface area (TPSA) is 35.5 Å². The maximum atomic E-state index is 13.4. The fraction of sp³-hybridized carbons (Fsp3) is 0.417. The van der Waals surface area contributed by atoms with Crippen LogP contribution in [0.15, 0.2) is 18.2 Å². The van der Waals surface area contributed by atoms with E-state index in [1.807, 2.05) is 0 Å². The van der Waals surface area contributed by atoms with Crippen LogP contribution in [0.1, 0.15) is 10.4 Å². The number of alkyl halides is 7. The van der Waals surface area contributed by atoms with Crippen molar-refractivity contribution in [3.8, 4) is 11.5 Å². The SMILES string of the molecule is COc1ccc(OC)c(C(=O)C(F)(F)C(F)(F)C(F)(F)F)c1. The first kappa shape index (κ1) is 18.1. The van der Waals surface area contributed by atoms with Crippen LogP contribution >= 0.6 is 0 Å². The van der Waals surface area contributed by atoms with E-state index in [4.69, 9.17) is 0 Å². The lowest BCUT2D eigenvalue weighted by molar-refractivity contribution is -0.339. The number of ether oxygens (including phenoxy) is 2. The number of hydrogen-bond donors (Lipinski definition) is 0. The standard InChI is InChI=1S/C12H9F7O3/c1-21-6-3-4-8(22-2)7(5-6)9(20)10(13,14)11(15,16)12(17,18)19/h3-5H,1-2H3. The molecule has 0 atom stereocenters. The summed E-state index contributed by atoms with van der Waals surface area (Å²) in [6, 6.07) is 2.66. The predicted molar refractivity (Wildman–Crippen MR) is 59.8 cm³/mol. The van der Waals surface area contributed by atoms with E-state index in [2.05, 4.69) is 9.47 Å². The number of ketones is 1. The van der Waals surface area contributed by atoms with Crippen molar-refractivity contribution in [1.82, 2.24) is 0 Å². The van der Waals surface area contributed by atoms with E-state index in [-0.39, 0.29) is 5.75 Å². The van der Waals surface area contributed by atoms with Crippen molar-refractivity contribution >= 4 is 5.78 Å². The summed E-state index contributed by atoms with van der Waals surface area (Å²) >= 11 is 0. The Balaban J connectivity index is 3.42. The third kappa shape index (κ3) is 2.81. The lowest BCUT2D eigenvalue weighted by Crippen LogP contribution is -2.56. The first-order valence-electron chi connectivity index (χ1n) is 5.49. The number of Topliss-reactive ketones (excluding diaryl/α,β-unsaturated/α-hetero) is 1. The zero-order chi connectivity index (χ0) is 17.3. The highest BCUT2D eigenvalue weighted by Crippen LogP contribution is 2.48. The Kier molecular flexibility index (Phi) is 4.64. The molecule has 0 saturated carbocycles. The Bertz CT molecular complexity index is 566. The lowest BCUT2D eigenvalue weighted by Gasteiger charge is -2.27. The Morgan fingerprint density at radius 3 is 1.91 bits per heavy atom. The maximum absolute atomic E-state index is 13.4. The van der Waals surface area contributed by atoms with Crippen molar-refractivity contribution in [3.05, 3.63) is 23.8 Å². The van der Waals surface area contributed by atoms with Gasteiger partial charge in [-0.25, -0.2) is 0 Å². The Morgan fingerprint density at radius 2 is 1.50 bits per heavy atom. The molecule has 0 aliphatic rings. The molecule has 0 unspecified atom stereocenters. The number of rotatable bonds is 5. The number of benzene rings is 1. The molecule has 0 amide bonds. The van der Waals surface area contributed by atoms with Crippen molar-refractivity contribution < 1.29 is 45.0 Å². The Morgan fingerprint density at radius 1 is 0.955 bits per heavy atom. The largest absolute Gasteiger partial charge is 0.497 e. The molecule has 3 nitrogen and oxygen atoms in total. The van der Waals surface area contributed by atoms with E-state index in [0.29, 0.717) is 6.07 Å². The molecule has 1 rings (SSSR count). The maximum Gasteiger partial charge on any atom is 0.460 e. The molecule has 1 aromatic carbocycles. The molecule has 0 saturated heterocycles. The van der Waals surface area contributed by atoms with Crippen molar-refractivity contribution in [2.24, 2.45) is 0 Å². The van der Waals surface area contributed by atoms with Crippen LogP contribution in [0.25, 0.3) is 0 Å². The van der Waals surface area contributed by atoms with Gasteiger partial charge < -0.3 is 9.47 Å². The Hall–Kier alpha value is -2.00. The average molecular weight is 334 g/mol. The lowest BCUT2D eigenvalue weighted by atomic mass is 9.99. The fourth-order valence-corrected chi connectivity index (χ4v) is 1.48. The zero-order valence-corrected chi connectivity index (χ0v) is 11.1. The van der Waals surface area contributed by atoms with Crippen molar-refractivity contribution in [2.45, 2.75) is 18.0 Å². The van der Waals surface area contributed by atoms with Gasteiger partial charge in [0.1, 0.15) is 11.5 Å². The first-order valence-corrected chi connectivity index (χ1v) is 5.49. The smallest absolute Gasteiger partial charge is 0.460 e. The molecule has 0 bridgehead atoms. The van der Waals surface area contributed by atoms with Gasteiger partial charge in [-0.05, 0) is 18.2 Å². The summed E-state index contributed by atoms with van der Waals surface area (Å²) in [5.41, 5.74) is -1.16. The van der Waals surface area contributed by atoms with Crippen LogP contribution in [0.3, 0.4) is 0 Å². The van der Waals surface area contributed by atoms with Gasteiger partial charge in [0.15, 0.2) is 0 Å². The molecular formula is C12H9F7O3. The van der Waals surface area contributed by atoms with Gasteiger partial charge in [0.2, 0.25) is 5.78 Å². The third-order valence-corrected chi connectivity index (χ3v) is 2.69. The highest BCUT2D eigenvalue weighted by Gasteiger charge is 2.76. The molecule has 0 fully saturated rings. The minimum Gasteiger partial charge on any atom is -0.497 e. The summed E-state index contributed by atoms with van der Waals surface area (Å²) in [5, 5.41) is 0. The van der Waals surface area contributed by atoms with Crippen LogP contribution in [0, 0.1) is 0 Å². The Labute approximate surface area is 119 Å². The normalized spacial score (nSPS) is 13.0. The van der Waals surface area contributed by atoms with Gasteiger partial charge in [-0.1, -0.05) is 0 Å². The summed E-state index contributed by atoms with van der Waals surface area (Å²) in [6.45, 7) is 0. The zero-order valence-electron chi connectivity index (χ0n) is 11.1. The summed E-state index contributed by atoms with van der Waals surface area (Å²) in [7, 11) is 2.01. The van der Waals surface area contributed by atoms with Gasteiger partial charge in [-0.15, -0.1) is 0 Å². The van der Waals surface area contributed by atoms with Crippen LogP contribution in [0.4, 0.5) is 30.7 Å². The quantitative estimate of drug-likeness (QED) is 0.608. The minimum atomic E-state index is -6.60. The number of carbonyl (C=O) groups excluding carboxylic acids is 1. The molecule has 0 aliphatic heterocycles. The molecule has 0 N–H and O–H groups in total. The number of methoxy groups -OCH3 is 2. The third-order valence-electron chi connectivity index (χ3n) is 2.69. The summed E-state index contributed by atoms with van der Waals surface area (Å²) in [6.07, 6.45) is -6.60. The second kappa shape index (κ2) is 5.65. The highest BCUT2D eigenvalue weighted by atomic mass is 19.4. The molecule has 0 heterocycles. The summed E-state index contributed by atoms with van der Waals surface area (Å²) in [5.74, 6) is -16.1. The monoisotopic (exact) mass is 334 g/mol. The molecule has 1 aromatic rings. The molecule has 0 aromatic heterocycles. The molecular weight excluding hydrogens is 325 g/mol. The van der Waals surface area contributed by atoms with Crippen LogP contribution in [-0.2, 0) is 0 Å². The van der Waals surface area contributed by atoms with E-state index in [9.17, 15) is 35.5 Å². The molecule has 0 aliphatic carbocycles. The van der Waals surface area contributed by atoms with Gasteiger partial charge in [0.25, 0.3) is 0 Å². The van der Waals surface area contributed by atoms with E-state index in [1.165, 1.54) is 0 Å². The second-order valence-electron chi connectivity index (χ2n) is 4.04. The molecule has 0 spiro atoms. The van der Waals surface area contributed by atoms with Crippen molar-refractivity contribution in [2.75, 3.05) is 14.2 Å². The van der Waals surface area contributed by atoms with Gasteiger partial charge in [-0.2, -0.15) is 30.7 Å². The number of halogens is 7. The minimum absolute atomic E-state index is 0.199. The van der Waals surface area contributed by atoms with Crippen molar-refractivity contribution in [1.29, 1.82) is 0 Å². The first-order chi connectivity index (χ1) is 9.90. The van der Waals surface area contributed by atoms with Crippen LogP contribution in [0.5, 0.6) is 11.5 Å². The van der Waals surface area contributed by atoms with Gasteiger partial charge in [-0.3, -0.25) is 4.79 Å². The fourth-order valence-electron chi connectivity index (χ4n) is 1.48. The van der Waals surface area contributed by atoms with E-state index in [1.54, 1.807) is 0 Å². The highest BCUT2D eigenvalue weighted by molar-refractivity contribution is 6.04. The van der Waals surface area contributed by atoms with Gasteiger partial charge in [0.05, 0.1) is 19.8 Å². The van der Waals surface area contributed by atoms with Crippen LogP contribution in [0.2, 0.25) is 0 Å². The summed E-state index contributed by atoms with van der Waals surface area (Å²) < 4.78 is 98.0. The van der Waals surface area contributed by atoms with Gasteiger partial charge in [0, 0.05) is 0 Å². The van der Waals surface area contributed by atoms with E-state index < -0.39 is 35.1 Å². The van der Waals surface area contributed by atoms with Crippen LogP contribution < -0.4 is 9.47 Å². The van der Waals surface area contributed by atoms with E-state index in [0.717, 1.165) is 26.4 Å². The summed E-state index contributed by atoms with van der Waals surface area (Å²) in [4.78, 5) is 11.5. The molecule has 10 heteroatoms. The van der Waals surface area contributed by atoms with Crippen LogP contribution in [-0.4, -0.2) is 38.0 Å². The predicted octanol–water partition coefficient (Wildman–Crippen LogP) is 3.72. The van der Waals surface area contributed by atoms with Gasteiger partial charge >= 0.3 is 18.0 Å². The average Bonchev–Trinajstić information content (AvgIpc) is 2.44. The number of hydrogen-bond acceptors (Lipinski definition) is 3. The van der Waals surface area contributed by atoms with Crippen molar-refractivity contribution in [3.63, 3.8) is 0 Å². The molecule has 22 heavy (non-hydrogen) atoms. The second-order valence-corrected chi connectivity index (χ2v) is 4.04. The van der Waals surface area contributed by atoms with E-state index >= 15 is 0 Å². The molecule has 124 valence electrons.